The van der Waals surface area contributed by atoms with Gasteiger partial charge in [-0.3, -0.25) is 0 Å². The molecule has 0 aromatic heterocycles. The molecule has 1 N–H and O–H groups in total. The van der Waals surface area contributed by atoms with Gasteiger partial charge in [0.1, 0.15) is 5.75 Å². The highest BCUT2D eigenvalue weighted by molar-refractivity contribution is 5.43. The Morgan fingerprint density at radius 1 is 1.18 bits per heavy atom. The minimum absolute atomic E-state index is 0.733. The Labute approximate surface area is 104 Å². The van der Waals surface area contributed by atoms with Crippen LogP contribution in [0.3, 0.4) is 0 Å². The van der Waals surface area contributed by atoms with Crippen LogP contribution in [0.2, 0.25) is 0 Å². The van der Waals surface area contributed by atoms with E-state index < -0.39 is 0 Å². The van der Waals surface area contributed by atoms with Crippen molar-refractivity contribution in [3.05, 3.63) is 28.8 Å². The summed E-state index contributed by atoms with van der Waals surface area (Å²) >= 11 is 0. The monoisotopic (exact) mass is 233 g/mol. The van der Waals surface area contributed by atoms with E-state index in [1.807, 2.05) is 0 Å². The second-order valence-corrected chi connectivity index (χ2v) is 5.04. The van der Waals surface area contributed by atoms with Crippen LogP contribution in [0, 0.1) is 13.8 Å². The van der Waals surface area contributed by atoms with Gasteiger partial charge in [-0.05, 0) is 49.4 Å². The molecular formula is C15H23NO. The van der Waals surface area contributed by atoms with E-state index in [1.54, 1.807) is 7.11 Å². The molecule has 2 nitrogen and oxygen atoms in total. The Hall–Kier alpha value is -1.02. The molecule has 1 fully saturated rings. The summed E-state index contributed by atoms with van der Waals surface area (Å²) in [5, 5.41) is 3.66. The first-order valence-electron chi connectivity index (χ1n) is 6.59. The highest BCUT2D eigenvalue weighted by Crippen LogP contribution is 2.24. The molecule has 0 heterocycles. The third kappa shape index (κ3) is 2.81. The summed E-state index contributed by atoms with van der Waals surface area (Å²) in [5.41, 5.74) is 4.02. The summed E-state index contributed by atoms with van der Waals surface area (Å²) in [5.74, 6) is 0.993. The van der Waals surface area contributed by atoms with Gasteiger partial charge in [-0.15, -0.1) is 0 Å². The smallest absolute Gasteiger partial charge is 0.122 e. The van der Waals surface area contributed by atoms with Crippen LogP contribution in [0.15, 0.2) is 12.1 Å². The molecule has 2 heteroatoms. The molecule has 1 saturated carbocycles. The number of rotatable bonds is 4. The van der Waals surface area contributed by atoms with E-state index in [0.717, 1.165) is 18.3 Å². The number of methoxy groups -OCH3 is 1. The van der Waals surface area contributed by atoms with Crippen LogP contribution in [0.1, 0.15) is 42.4 Å². The van der Waals surface area contributed by atoms with E-state index in [0.29, 0.717) is 0 Å². The number of nitrogens with one attached hydrogen (secondary N) is 1. The maximum Gasteiger partial charge on any atom is 0.122 e. The highest BCUT2D eigenvalue weighted by atomic mass is 16.5. The molecule has 0 spiro atoms. The Bertz CT molecular complexity index is 381. The summed E-state index contributed by atoms with van der Waals surface area (Å²) in [6, 6.07) is 4.99. The number of hydrogen-bond acceptors (Lipinski definition) is 2. The van der Waals surface area contributed by atoms with Crippen molar-refractivity contribution in [1.82, 2.24) is 5.32 Å². The molecule has 1 aliphatic carbocycles. The summed E-state index contributed by atoms with van der Waals surface area (Å²) in [4.78, 5) is 0. The first-order chi connectivity index (χ1) is 8.22. The fraction of sp³-hybridized carbons (Fsp3) is 0.600. The average Bonchev–Trinajstić information content (AvgIpc) is 2.84. The van der Waals surface area contributed by atoms with E-state index >= 15 is 0 Å². The first-order valence-corrected chi connectivity index (χ1v) is 6.59. The molecule has 2 rings (SSSR count). The third-order valence-corrected chi connectivity index (χ3v) is 4.01. The molecule has 0 saturated heterocycles. The Balaban J connectivity index is 2.03. The van der Waals surface area contributed by atoms with Crippen LogP contribution in [0.4, 0.5) is 0 Å². The molecule has 0 bridgehead atoms. The Morgan fingerprint density at radius 2 is 1.88 bits per heavy atom. The normalized spacial score (nSPS) is 16.4. The van der Waals surface area contributed by atoms with Crippen molar-refractivity contribution < 1.29 is 4.74 Å². The van der Waals surface area contributed by atoms with Gasteiger partial charge < -0.3 is 10.1 Å². The van der Waals surface area contributed by atoms with Gasteiger partial charge in [0.15, 0.2) is 0 Å². The molecule has 0 aliphatic heterocycles. The summed E-state index contributed by atoms with van der Waals surface area (Å²) in [7, 11) is 1.73. The van der Waals surface area contributed by atoms with Crippen molar-refractivity contribution in [3.8, 4) is 5.75 Å². The summed E-state index contributed by atoms with van der Waals surface area (Å²) in [6.07, 6.45) is 5.46. The zero-order valence-electron chi connectivity index (χ0n) is 11.2. The lowest BCUT2D eigenvalue weighted by molar-refractivity contribution is 0.411. The van der Waals surface area contributed by atoms with Gasteiger partial charge in [0.05, 0.1) is 7.11 Å². The van der Waals surface area contributed by atoms with Crippen molar-refractivity contribution in [1.29, 1.82) is 0 Å². The molecule has 0 unspecified atom stereocenters. The van der Waals surface area contributed by atoms with E-state index in [-0.39, 0.29) is 0 Å². The SMILES string of the molecule is COc1ccc(CNC2CCCC2)c(C)c1C. The maximum atomic E-state index is 5.34. The Kier molecular flexibility index (Phi) is 4.06. The topological polar surface area (TPSA) is 21.3 Å². The molecule has 0 amide bonds. The zero-order valence-corrected chi connectivity index (χ0v) is 11.2. The lowest BCUT2D eigenvalue weighted by atomic mass is 10.0. The minimum Gasteiger partial charge on any atom is -0.496 e. The van der Waals surface area contributed by atoms with E-state index in [1.165, 1.54) is 42.4 Å². The Morgan fingerprint density at radius 3 is 2.53 bits per heavy atom. The molecule has 1 aromatic carbocycles. The van der Waals surface area contributed by atoms with Gasteiger partial charge in [-0.2, -0.15) is 0 Å². The third-order valence-electron chi connectivity index (χ3n) is 4.01. The van der Waals surface area contributed by atoms with Crippen molar-refractivity contribution in [2.75, 3.05) is 7.11 Å². The predicted octanol–water partition coefficient (Wildman–Crippen LogP) is 3.34. The van der Waals surface area contributed by atoms with Gasteiger partial charge in [-0.25, -0.2) is 0 Å². The fourth-order valence-corrected chi connectivity index (χ4v) is 2.65. The highest BCUT2D eigenvalue weighted by Gasteiger charge is 2.14. The number of benzene rings is 1. The quantitative estimate of drug-likeness (QED) is 0.861. The van der Waals surface area contributed by atoms with Crippen molar-refractivity contribution in [2.24, 2.45) is 0 Å². The zero-order chi connectivity index (χ0) is 12.3. The summed E-state index contributed by atoms with van der Waals surface area (Å²) < 4.78 is 5.34. The van der Waals surface area contributed by atoms with Crippen molar-refractivity contribution in [3.63, 3.8) is 0 Å². The van der Waals surface area contributed by atoms with E-state index in [2.05, 4.69) is 31.3 Å². The van der Waals surface area contributed by atoms with Crippen LogP contribution in [0.5, 0.6) is 5.75 Å². The van der Waals surface area contributed by atoms with E-state index in [9.17, 15) is 0 Å². The summed E-state index contributed by atoms with van der Waals surface area (Å²) in [6.45, 7) is 5.30. The van der Waals surface area contributed by atoms with Gasteiger partial charge in [0.2, 0.25) is 0 Å². The second kappa shape index (κ2) is 5.54. The average molecular weight is 233 g/mol. The first kappa shape index (κ1) is 12.4. The van der Waals surface area contributed by atoms with Gasteiger partial charge >= 0.3 is 0 Å². The number of hydrogen-bond donors (Lipinski definition) is 1. The second-order valence-electron chi connectivity index (χ2n) is 5.04. The van der Waals surface area contributed by atoms with Gasteiger partial charge in [-0.1, -0.05) is 18.9 Å². The van der Waals surface area contributed by atoms with Crippen LogP contribution in [-0.2, 0) is 6.54 Å². The lowest BCUT2D eigenvalue weighted by Crippen LogP contribution is -2.25. The standard InChI is InChI=1S/C15H23NO/c1-11-12(2)15(17-3)9-8-13(11)10-16-14-6-4-5-7-14/h8-9,14,16H,4-7,10H2,1-3H3. The van der Waals surface area contributed by atoms with E-state index in [4.69, 9.17) is 4.74 Å². The van der Waals surface area contributed by atoms with Crippen molar-refractivity contribution in [2.45, 2.75) is 52.1 Å². The van der Waals surface area contributed by atoms with Crippen LogP contribution in [-0.4, -0.2) is 13.2 Å². The minimum atomic E-state index is 0.733. The molecule has 17 heavy (non-hydrogen) atoms. The number of ether oxygens (including phenoxy) is 1. The van der Waals surface area contributed by atoms with Crippen molar-refractivity contribution >= 4 is 0 Å². The van der Waals surface area contributed by atoms with Gasteiger partial charge in [0, 0.05) is 12.6 Å². The van der Waals surface area contributed by atoms with Crippen LogP contribution < -0.4 is 10.1 Å². The maximum absolute atomic E-state index is 5.34. The molecular weight excluding hydrogens is 210 g/mol. The lowest BCUT2D eigenvalue weighted by Gasteiger charge is -2.16. The molecule has 1 aromatic rings. The van der Waals surface area contributed by atoms with Crippen LogP contribution >= 0.6 is 0 Å². The molecule has 1 aliphatic rings. The fourth-order valence-electron chi connectivity index (χ4n) is 2.65. The molecule has 0 radical (unpaired) electrons. The predicted molar refractivity (Wildman–Crippen MR) is 71.6 cm³/mol. The molecule has 0 atom stereocenters. The van der Waals surface area contributed by atoms with Gasteiger partial charge in [0.25, 0.3) is 0 Å². The molecule has 94 valence electrons. The largest absolute Gasteiger partial charge is 0.496 e. The van der Waals surface area contributed by atoms with Crippen LogP contribution in [0.25, 0.3) is 0 Å².